The van der Waals surface area contributed by atoms with Crippen LogP contribution in [0.15, 0.2) is 86.0 Å². The third kappa shape index (κ3) is 3.69. The summed E-state index contributed by atoms with van der Waals surface area (Å²) in [6.07, 6.45) is 13.0. The van der Waals surface area contributed by atoms with Gasteiger partial charge in [0.15, 0.2) is 45.2 Å². The predicted molar refractivity (Wildman–Crippen MR) is 159 cm³/mol. The van der Waals surface area contributed by atoms with Gasteiger partial charge in [0.2, 0.25) is 11.6 Å². The van der Waals surface area contributed by atoms with E-state index in [1.54, 1.807) is 49.6 Å². The molecule has 0 saturated heterocycles. The van der Waals surface area contributed by atoms with Gasteiger partial charge in [0.1, 0.15) is 0 Å². The normalized spacial score (nSPS) is 11.7. The first-order valence-corrected chi connectivity index (χ1v) is 13.7. The average molecular weight is 782 g/mol. The molecule has 0 saturated carbocycles. The third-order valence-corrected chi connectivity index (χ3v) is 7.33. The van der Waals surface area contributed by atoms with E-state index in [1.807, 2.05) is 54.3 Å². The Kier molecular flexibility index (Phi) is 5.64. The molecule has 16 heteroatoms. The molecule has 0 aliphatic heterocycles. The SMILES string of the molecule is [Pt+2].[c-]1c(Oc2[c-]c(-n3c4nccnc4n4c5nccnc5nc34)ccc2)cccc1-n1c2nccnc2n2c3nccnc3nc12. The minimum absolute atomic E-state index is 0. The molecule has 0 N–H and O–H groups in total. The van der Waals surface area contributed by atoms with Crippen molar-refractivity contribution in [3.05, 3.63) is 98.1 Å². The van der Waals surface area contributed by atoms with Crippen molar-refractivity contribution < 1.29 is 25.8 Å². The molecule has 0 radical (unpaired) electrons. The first kappa shape index (κ1) is 26.2. The Balaban J connectivity index is 0.00000292. The molecule has 2 aromatic carbocycles. The fourth-order valence-electron chi connectivity index (χ4n) is 5.57. The molecule has 0 aliphatic carbocycles. The maximum absolute atomic E-state index is 6.31. The monoisotopic (exact) mass is 781 g/mol. The second kappa shape index (κ2) is 9.90. The van der Waals surface area contributed by atoms with E-state index >= 15 is 0 Å². The van der Waals surface area contributed by atoms with E-state index in [4.69, 9.17) is 14.7 Å². The van der Waals surface area contributed by atoms with E-state index in [0.29, 0.717) is 79.6 Å². The van der Waals surface area contributed by atoms with Crippen LogP contribution < -0.4 is 4.74 Å². The van der Waals surface area contributed by atoms with E-state index in [2.05, 4.69) is 52.0 Å². The van der Waals surface area contributed by atoms with Gasteiger partial charge < -0.3 is 4.74 Å². The third-order valence-electron chi connectivity index (χ3n) is 7.33. The molecule has 10 rings (SSSR count). The van der Waals surface area contributed by atoms with E-state index < -0.39 is 0 Å². The molecular formula is C30H14N14OPt. The quantitative estimate of drug-likeness (QED) is 0.240. The van der Waals surface area contributed by atoms with Gasteiger partial charge in [0, 0.05) is 61.1 Å². The molecule has 8 aromatic heterocycles. The average Bonchev–Trinajstić information content (AvgIpc) is 3.81. The Labute approximate surface area is 270 Å². The summed E-state index contributed by atoms with van der Waals surface area (Å²) < 4.78 is 13.7. The zero-order chi connectivity index (χ0) is 29.5. The summed E-state index contributed by atoms with van der Waals surface area (Å²) in [5, 5.41) is 0. The van der Waals surface area contributed by atoms with Crippen molar-refractivity contribution >= 4 is 56.7 Å². The molecular weight excluding hydrogens is 768 g/mol. The molecule has 0 amide bonds. The van der Waals surface area contributed by atoms with Crippen molar-refractivity contribution in [2.24, 2.45) is 0 Å². The van der Waals surface area contributed by atoms with Gasteiger partial charge in [-0.2, -0.15) is 22.1 Å². The number of rotatable bonds is 4. The van der Waals surface area contributed by atoms with E-state index in [-0.39, 0.29) is 21.1 Å². The zero-order valence-electron chi connectivity index (χ0n) is 23.1. The number of aromatic nitrogens is 14. The van der Waals surface area contributed by atoms with Crippen LogP contribution in [-0.2, 0) is 21.1 Å². The van der Waals surface area contributed by atoms with Crippen LogP contribution in [0.5, 0.6) is 11.5 Å². The minimum atomic E-state index is 0. The Morgan fingerprint density at radius 3 is 1.30 bits per heavy atom. The molecule has 0 unspecified atom stereocenters. The van der Waals surface area contributed by atoms with Gasteiger partial charge in [-0.25, -0.2) is 48.7 Å². The van der Waals surface area contributed by atoms with E-state index in [0.717, 1.165) is 0 Å². The van der Waals surface area contributed by atoms with Gasteiger partial charge in [0.25, 0.3) is 0 Å². The summed E-state index contributed by atoms with van der Waals surface area (Å²) >= 11 is 0. The van der Waals surface area contributed by atoms with Gasteiger partial charge in [-0.15, -0.1) is 36.4 Å². The summed E-state index contributed by atoms with van der Waals surface area (Å²) in [6, 6.07) is 17.9. The van der Waals surface area contributed by atoms with Gasteiger partial charge in [0.05, 0.1) is 0 Å². The van der Waals surface area contributed by atoms with Crippen molar-refractivity contribution in [3.8, 4) is 22.9 Å². The molecule has 0 atom stereocenters. The first-order valence-electron chi connectivity index (χ1n) is 13.7. The molecule has 0 fully saturated rings. The zero-order valence-corrected chi connectivity index (χ0v) is 25.3. The summed E-state index contributed by atoms with van der Waals surface area (Å²) in [6.45, 7) is 0. The second-order valence-corrected chi connectivity index (χ2v) is 9.88. The number of hydrogen-bond acceptors (Lipinski definition) is 11. The van der Waals surface area contributed by atoms with E-state index in [1.165, 1.54) is 0 Å². The molecule has 8 heterocycles. The number of fused-ring (bicyclic) bond motifs is 10. The van der Waals surface area contributed by atoms with Gasteiger partial charge in [-0.05, 0) is 0 Å². The fraction of sp³-hybridized carbons (Fsp3) is 0. The summed E-state index contributed by atoms with van der Waals surface area (Å²) in [7, 11) is 0. The van der Waals surface area contributed by atoms with Crippen LogP contribution in [0, 0.1) is 12.1 Å². The van der Waals surface area contributed by atoms with Gasteiger partial charge in [-0.1, -0.05) is 11.4 Å². The Morgan fingerprint density at radius 1 is 0.457 bits per heavy atom. The van der Waals surface area contributed by atoms with Gasteiger partial charge >= 0.3 is 21.1 Å². The maximum atomic E-state index is 6.31. The number of hydrogen-bond donors (Lipinski definition) is 0. The molecule has 0 bridgehead atoms. The fourth-order valence-corrected chi connectivity index (χ4v) is 5.57. The molecule has 46 heavy (non-hydrogen) atoms. The van der Waals surface area contributed by atoms with Crippen LogP contribution in [-0.4, -0.2) is 67.8 Å². The minimum Gasteiger partial charge on any atom is -0.509 e. The Bertz CT molecular complexity index is 2590. The second-order valence-electron chi connectivity index (χ2n) is 9.88. The smallest absolute Gasteiger partial charge is 0.509 e. The van der Waals surface area contributed by atoms with Crippen molar-refractivity contribution in [2.75, 3.05) is 0 Å². The molecule has 15 nitrogen and oxygen atoms in total. The van der Waals surface area contributed by atoms with Crippen LogP contribution in [0.25, 0.3) is 68.1 Å². The molecule has 0 spiro atoms. The Hall–Kier alpha value is -6.21. The number of ether oxygens (including phenoxy) is 1. The van der Waals surface area contributed by atoms with Crippen LogP contribution >= 0.6 is 0 Å². The summed E-state index contributed by atoms with van der Waals surface area (Å²) in [4.78, 5) is 45.4. The number of imidazole rings is 4. The summed E-state index contributed by atoms with van der Waals surface area (Å²) in [5.74, 6) is 2.03. The standard InChI is InChI=1S/C30H14N14O.Pt/c1-3-17(41-25-27(37-13-11-35-25)43-23-21(39-29(41)43)31-7-9-33-23)15-19(5-1)45-20-6-2-4-18(16-20)42-26-28(38-14-12-36-26)44-24-22(40-30(42)44)32-8-10-34-24;/h1-14H;/q-2;+2. The number of benzene rings is 2. The van der Waals surface area contributed by atoms with Crippen molar-refractivity contribution in [1.82, 2.24) is 67.8 Å². The summed E-state index contributed by atoms with van der Waals surface area (Å²) in [5.41, 5.74) is 5.86. The molecule has 10 aromatic rings. The maximum Gasteiger partial charge on any atom is 2.00 e. The first-order chi connectivity index (χ1) is 22.3. The van der Waals surface area contributed by atoms with Crippen molar-refractivity contribution in [1.29, 1.82) is 0 Å². The Morgan fingerprint density at radius 2 is 0.848 bits per heavy atom. The molecule has 220 valence electrons. The van der Waals surface area contributed by atoms with Crippen LogP contribution in [0.3, 0.4) is 0 Å². The van der Waals surface area contributed by atoms with Crippen molar-refractivity contribution in [2.45, 2.75) is 0 Å². The largest absolute Gasteiger partial charge is 2.00 e. The topological polar surface area (TPSA) is 157 Å². The predicted octanol–water partition coefficient (Wildman–Crippen LogP) is 3.73. The van der Waals surface area contributed by atoms with Crippen LogP contribution in [0.2, 0.25) is 0 Å². The van der Waals surface area contributed by atoms with Crippen molar-refractivity contribution in [3.63, 3.8) is 0 Å². The molecule has 0 aliphatic rings. The van der Waals surface area contributed by atoms with Gasteiger partial charge in [-0.3, -0.25) is 9.13 Å². The number of nitrogens with zero attached hydrogens (tertiary/aromatic N) is 14. The van der Waals surface area contributed by atoms with E-state index in [9.17, 15) is 0 Å². The van der Waals surface area contributed by atoms with Crippen LogP contribution in [0.4, 0.5) is 0 Å². The van der Waals surface area contributed by atoms with Crippen LogP contribution in [0.1, 0.15) is 0 Å².